The summed E-state index contributed by atoms with van der Waals surface area (Å²) in [5.74, 6) is -0.940. The Kier molecular flexibility index (Phi) is 3.36. The molecule has 0 saturated heterocycles. The van der Waals surface area contributed by atoms with E-state index in [4.69, 9.17) is 21.8 Å². The number of carbonyl (C=O) groups is 1. The van der Waals surface area contributed by atoms with Gasteiger partial charge in [-0.1, -0.05) is 24.6 Å². The molecule has 0 radical (unpaired) electrons. The lowest BCUT2D eigenvalue weighted by molar-refractivity contribution is -0.137. The normalized spacial score (nSPS) is 12.4. The summed E-state index contributed by atoms with van der Waals surface area (Å²) in [5.41, 5.74) is 0.815. The Balaban J connectivity index is 2.85. The molecular formula is C10H11ClO3. The molecule has 0 saturated carbocycles. The largest absolute Gasteiger partial charge is 0.506 e. The van der Waals surface area contributed by atoms with E-state index in [2.05, 4.69) is 0 Å². The van der Waals surface area contributed by atoms with Crippen molar-refractivity contribution in [3.63, 3.8) is 0 Å². The zero-order valence-electron chi connectivity index (χ0n) is 7.70. The first kappa shape index (κ1) is 10.9. The van der Waals surface area contributed by atoms with Gasteiger partial charge in [0.15, 0.2) is 0 Å². The minimum absolute atomic E-state index is 0.0120. The highest BCUT2D eigenvalue weighted by Crippen LogP contribution is 2.28. The van der Waals surface area contributed by atoms with Gasteiger partial charge in [-0.05, 0) is 23.6 Å². The summed E-state index contributed by atoms with van der Waals surface area (Å²) in [5, 5.41) is 18.0. The highest BCUT2D eigenvalue weighted by molar-refractivity contribution is 6.32. The Hall–Kier alpha value is -1.22. The molecule has 1 aromatic carbocycles. The first-order valence-corrected chi connectivity index (χ1v) is 4.58. The van der Waals surface area contributed by atoms with Gasteiger partial charge in [0.05, 0.1) is 11.4 Å². The van der Waals surface area contributed by atoms with Crippen LogP contribution in [0.4, 0.5) is 0 Å². The summed E-state index contributed by atoms with van der Waals surface area (Å²) in [6, 6.07) is 4.73. The molecule has 0 heterocycles. The second kappa shape index (κ2) is 4.33. The standard InChI is InChI=1S/C10H11ClO3/c1-6(4-10(13)14)7-2-3-9(12)8(11)5-7/h2-3,5-6,12H,4H2,1H3,(H,13,14). The van der Waals surface area contributed by atoms with Crippen LogP contribution in [0.2, 0.25) is 5.02 Å². The molecule has 1 unspecified atom stereocenters. The predicted octanol–water partition coefficient (Wildman–Crippen LogP) is 2.62. The van der Waals surface area contributed by atoms with Crippen LogP contribution in [0.3, 0.4) is 0 Å². The maximum atomic E-state index is 10.5. The molecule has 1 atom stereocenters. The van der Waals surface area contributed by atoms with E-state index >= 15 is 0 Å². The molecule has 0 bridgehead atoms. The second-order valence-corrected chi connectivity index (χ2v) is 3.62. The summed E-state index contributed by atoms with van der Waals surface area (Å²) in [7, 11) is 0. The quantitative estimate of drug-likeness (QED) is 0.813. The monoisotopic (exact) mass is 214 g/mol. The Bertz CT molecular complexity index is 349. The highest BCUT2D eigenvalue weighted by atomic mass is 35.5. The molecule has 0 aromatic heterocycles. The van der Waals surface area contributed by atoms with E-state index in [1.54, 1.807) is 19.1 Å². The summed E-state index contributed by atoms with van der Waals surface area (Å²) in [6.45, 7) is 1.80. The molecule has 0 aliphatic heterocycles. The molecule has 0 fully saturated rings. The fourth-order valence-corrected chi connectivity index (χ4v) is 1.40. The molecular weight excluding hydrogens is 204 g/mol. The fraction of sp³-hybridized carbons (Fsp3) is 0.300. The third-order valence-corrected chi connectivity index (χ3v) is 2.32. The maximum absolute atomic E-state index is 10.5. The van der Waals surface area contributed by atoms with Crippen LogP contribution in [0.25, 0.3) is 0 Å². The van der Waals surface area contributed by atoms with E-state index in [-0.39, 0.29) is 23.1 Å². The number of hydrogen-bond acceptors (Lipinski definition) is 2. The first-order valence-electron chi connectivity index (χ1n) is 4.21. The van der Waals surface area contributed by atoms with Crippen molar-refractivity contribution in [2.45, 2.75) is 19.3 Å². The van der Waals surface area contributed by atoms with E-state index in [0.29, 0.717) is 0 Å². The smallest absolute Gasteiger partial charge is 0.303 e. The Labute approximate surface area is 86.9 Å². The number of carboxylic acid groups (broad SMARTS) is 1. The zero-order valence-corrected chi connectivity index (χ0v) is 8.45. The predicted molar refractivity (Wildman–Crippen MR) is 53.8 cm³/mol. The van der Waals surface area contributed by atoms with E-state index in [1.807, 2.05) is 0 Å². The molecule has 4 heteroatoms. The van der Waals surface area contributed by atoms with Gasteiger partial charge in [0, 0.05) is 0 Å². The lowest BCUT2D eigenvalue weighted by Gasteiger charge is -2.09. The van der Waals surface area contributed by atoms with E-state index in [1.165, 1.54) is 6.07 Å². The third kappa shape index (κ3) is 2.64. The number of aliphatic carboxylic acids is 1. The van der Waals surface area contributed by atoms with Gasteiger partial charge in [-0.15, -0.1) is 0 Å². The molecule has 0 amide bonds. The van der Waals surface area contributed by atoms with Crippen molar-refractivity contribution >= 4 is 17.6 Å². The summed E-state index contributed by atoms with van der Waals surface area (Å²) in [6.07, 6.45) is 0.0567. The van der Waals surface area contributed by atoms with Crippen molar-refractivity contribution in [3.05, 3.63) is 28.8 Å². The van der Waals surface area contributed by atoms with Crippen LogP contribution in [-0.2, 0) is 4.79 Å². The van der Waals surface area contributed by atoms with Crippen molar-refractivity contribution < 1.29 is 15.0 Å². The average Bonchev–Trinajstić information content (AvgIpc) is 2.08. The number of halogens is 1. The Morgan fingerprint density at radius 3 is 2.71 bits per heavy atom. The van der Waals surface area contributed by atoms with Crippen molar-refractivity contribution in [1.82, 2.24) is 0 Å². The Morgan fingerprint density at radius 1 is 1.57 bits per heavy atom. The lowest BCUT2D eigenvalue weighted by atomic mass is 9.98. The fourth-order valence-electron chi connectivity index (χ4n) is 1.21. The van der Waals surface area contributed by atoms with Crippen LogP contribution < -0.4 is 0 Å². The molecule has 14 heavy (non-hydrogen) atoms. The SMILES string of the molecule is CC(CC(=O)O)c1ccc(O)c(Cl)c1. The van der Waals surface area contributed by atoms with Gasteiger partial charge in [-0.25, -0.2) is 0 Å². The summed E-state index contributed by atoms with van der Waals surface area (Å²) >= 11 is 5.70. The number of phenols is 1. The molecule has 2 N–H and O–H groups in total. The maximum Gasteiger partial charge on any atom is 0.303 e. The number of carboxylic acids is 1. The molecule has 0 aliphatic carbocycles. The van der Waals surface area contributed by atoms with Crippen molar-refractivity contribution in [2.75, 3.05) is 0 Å². The average molecular weight is 215 g/mol. The van der Waals surface area contributed by atoms with Gasteiger partial charge < -0.3 is 10.2 Å². The van der Waals surface area contributed by atoms with Gasteiger partial charge in [-0.3, -0.25) is 4.79 Å². The molecule has 0 aliphatic rings. The van der Waals surface area contributed by atoms with Crippen LogP contribution >= 0.6 is 11.6 Å². The molecule has 76 valence electrons. The highest BCUT2D eigenvalue weighted by Gasteiger charge is 2.11. The lowest BCUT2D eigenvalue weighted by Crippen LogP contribution is -2.02. The number of phenolic OH excluding ortho intramolecular Hbond substituents is 1. The topological polar surface area (TPSA) is 57.5 Å². The second-order valence-electron chi connectivity index (χ2n) is 3.21. The van der Waals surface area contributed by atoms with Crippen LogP contribution in [0.5, 0.6) is 5.75 Å². The third-order valence-electron chi connectivity index (χ3n) is 2.02. The summed E-state index contributed by atoms with van der Waals surface area (Å²) in [4.78, 5) is 10.5. The number of aromatic hydroxyl groups is 1. The van der Waals surface area contributed by atoms with E-state index < -0.39 is 5.97 Å². The van der Waals surface area contributed by atoms with Crippen molar-refractivity contribution in [2.24, 2.45) is 0 Å². The minimum Gasteiger partial charge on any atom is -0.506 e. The number of hydrogen-bond donors (Lipinski definition) is 2. The minimum atomic E-state index is -0.846. The van der Waals surface area contributed by atoms with Crippen LogP contribution in [-0.4, -0.2) is 16.2 Å². The number of benzene rings is 1. The van der Waals surface area contributed by atoms with Gasteiger partial charge in [-0.2, -0.15) is 0 Å². The Morgan fingerprint density at radius 2 is 2.21 bits per heavy atom. The van der Waals surface area contributed by atoms with Gasteiger partial charge >= 0.3 is 5.97 Å². The van der Waals surface area contributed by atoms with Gasteiger partial charge in [0.25, 0.3) is 0 Å². The van der Waals surface area contributed by atoms with Crippen LogP contribution in [0.1, 0.15) is 24.8 Å². The van der Waals surface area contributed by atoms with Crippen molar-refractivity contribution in [3.8, 4) is 5.75 Å². The van der Waals surface area contributed by atoms with E-state index in [9.17, 15) is 4.79 Å². The molecule has 0 spiro atoms. The van der Waals surface area contributed by atoms with Crippen LogP contribution in [0.15, 0.2) is 18.2 Å². The van der Waals surface area contributed by atoms with Crippen LogP contribution in [0, 0.1) is 0 Å². The number of rotatable bonds is 3. The molecule has 1 aromatic rings. The van der Waals surface area contributed by atoms with E-state index in [0.717, 1.165) is 5.56 Å². The first-order chi connectivity index (χ1) is 6.50. The summed E-state index contributed by atoms with van der Waals surface area (Å²) < 4.78 is 0. The van der Waals surface area contributed by atoms with Crippen molar-refractivity contribution in [1.29, 1.82) is 0 Å². The molecule has 1 rings (SSSR count). The van der Waals surface area contributed by atoms with Gasteiger partial charge in [0.2, 0.25) is 0 Å². The molecule has 3 nitrogen and oxygen atoms in total. The van der Waals surface area contributed by atoms with Gasteiger partial charge in [0.1, 0.15) is 5.75 Å². The zero-order chi connectivity index (χ0) is 10.7.